The van der Waals surface area contributed by atoms with E-state index in [0.29, 0.717) is 23.7 Å². The third-order valence-corrected chi connectivity index (χ3v) is 6.44. The van der Waals surface area contributed by atoms with E-state index in [1.54, 1.807) is 0 Å². The number of hydrogen-bond acceptors (Lipinski definition) is 0. The first-order chi connectivity index (χ1) is 15.2. The van der Waals surface area contributed by atoms with Crippen LogP contribution in [-0.2, 0) is 0 Å². The van der Waals surface area contributed by atoms with Gasteiger partial charge in [-0.3, -0.25) is 0 Å². The lowest BCUT2D eigenvalue weighted by molar-refractivity contribution is 0.865. The van der Waals surface area contributed by atoms with Crippen LogP contribution in [0.3, 0.4) is 0 Å². The first-order valence-corrected chi connectivity index (χ1v) is 12.2. The number of fused-ring (bicyclic) bond motifs is 2. The van der Waals surface area contributed by atoms with Crippen LogP contribution in [0, 0.1) is 0 Å². The number of benzene rings is 4. The standard InChI is InChI=1S/2C16H20/c2*1-11(2)13-5-7-16-10-14(12(3)4)6-8-15(16)9-13/h2*5-12H,1-4H3. The van der Waals surface area contributed by atoms with Gasteiger partial charge in [-0.25, -0.2) is 0 Å². The van der Waals surface area contributed by atoms with Gasteiger partial charge in [-0.05, 0) is 67.5 Å². The summed E-state index contributed by atoms with van der Waals surface area (Å²) in [5, 5.41) is 5.43. The van der Waals surface area contributed by atoms with E-state index in [4.69, 9.17) is 0 Å². The highest BCUT2D eigenvalue weighted by Gasteiger charge is 2.04. The molecule has 168 valence electrons. The van der Waals surface area contributed by atoms with Crippen molar-refractivity contribution in [3.63, 3.8) is 0 Å². The predicted molar refractivity (Wildman–Crippen MR) is 144 cm³/mol. The van der Waals surface area contributed by atoms with Crippen molar-refractivity contribution in [3.05, 3.63) is 95.1 Å². The molecule has 0 spiro atoms. The van der Waals surface area contributed by atoms with Crippen LogP contribution in [0.4, 0.5) is 0 Å². The Bertz CT molecular complexity index is 985. The van der Waals surface area contributed by atoms with Crippen molar-refractivity contribution in [1.29, 1.82) is 0 Å². The normalized spacial score (nSPS) is 11.6. The second kappa shape index (κ2) is 10.3. The van der Waals surface area contributed by atoms with Gasteiger partial charge in [0.25, 0.3) is 0 Å². The maximum absolute atomic E-state index is 2.31. The highest BCUT2D eigenvalue weighted by molar-refractivity contribution is 5.84. The van der Waals surface area contributed by atoms with E-state index in [9.17, 15) is 0 Å². The largest absolute Gasteiger partial charge is 0.0587 e. The quantitative estimate of drug-likeness (QED) is 0.305. The molecule has 0 nitrogen and oxygen atoms in total. The Hall–Kier alpha value is -2.60. The molecule has 0 fully saturated rings. The summed E-state index contributed by atoms with van der Waals surface area (Å²) in [5.74, 6) is 2.42. The van der Waals surface area contributed by atoms with Gasteiger partial charge in [0.2, 0.25) is 0 Å². The minimum absolute atomic E-state index is 0.606. The van der Waals surface area contributed by atoms with Gasteiger partial charge >= 0.3 is 0 Å². The van der Waals surface area contributed by atoms with Crippen molar-refractivity contribution in [3.8, 4) is 0 Å². The molecule has 0 unspecified atom stereocenters. The Morgan fingerprint density at radius 2 is 0.500 bits per heavy atom. The first-order valence-electron chi connectivity index (χ1n) is 12.2. The van der Waals surface area contributed by atoms with E-state index >= 15 is 0 Å². The minimum atomic E-state index is 0.606. The van der Waals surface area contributed by atoms with Gasteiger partial charge in [-0.2, -0.15) is 0 Å². The van der Waals surface area contributed by atoms with Gasteiger partial charge < -0.3 is 0 Å². The zero-order chi connectivity index (χ0) is 23.4. The van der Waals surface area contributed by atoms with E-state index < -0.39 is 0 Å². The van der Waals surface area contributed by atoms with Crippen molar-refractivity contribution in [2.24, 2.45) is 0 Å². The molecule has 4 aromatic rings. The van der Waals surface area contributed by atoms with Crippen molar-refractivity contribution < 1.29 is 0 Å². The third-order valence-electron chi connectivity index (χ3n) is 6.44. The lowest BCUT2D eigenvalue weighted by Gasteiger charge is -2.10. The van der Waals surface area contributed by atoms with Crippen LogP contribution < -0.4 is 0 Å². The van der Waals surface area contributed by atoms with Crippen molar-refractivity contribution in [1.82, 2.24) is 0 Å². The fourth-order valence-corrected chi connectivity index (χ4v) is 4.00. The molecule has 0 aromatic heterocycles. The topological polar surface area (TPSA) is 0 Å². The zero-order valence-corrected chi connectivity index (χ0v) is 21.2. The fraction of sp³-hybridized carbons (Fsp3) is 0.375. The van der Waals surface area contributed by atoms with Crippen LogP contribution in [0.25, 0.3) is 21.5 Å². The van der Waals surface area contributed by atoms with Gasteiger partial charge in [0.15, 0.2) is 0 Å². The van der Waals surface area contributed by atoms with Crippen LogP contribution in [0.2, 0.25) is 0 Å². The Kier molecular flexibility index (Phi) is 7.77. The van der Waals surface area contributed by atoms with Crippen LogP contribution in [0.5, 0.6) is 0 Å². The summed E-state index contributed by atoms with van der Waals surface area (Å²) in [6.07, 6.45) is 0. The summed E-state index contributed by atoms with van der Waals surface area (Å²) in [5.41, 5.74) is 5.68. The van der Waals surface area contributed by atoms with Crippen molar-refractivity contribution >= 4 is 21.5 Å². The van der Waals surface area contributed by atoms with E-state index in [2.05, 4.69) is 128 Å². The van der Waals surface area contributed by atoms with E-state index in [1.807, 2.05) is 0 Å². The molecule has 0 heteroatoms. The Morgan fingerprint density at radius 3 is 0.656 bits per heavy atom. The molecule has 0 saturated heterocycles. The average Bonchev–Trinajstić information content (AvgIpc) is 2.77. The van der Waals surface area contributed by atoms with E-state index in [1.165, 1.54) is 43.8 Å². The van der Waals surface area contributed by atoms with E-state index in [0.717, 1.165) is 0 Å². The Morgan fingerprint density at radius 1 is 0.312 bits per heavy atom. The molecule has 0 N–H and O–H groups in total. The van der Waals surface area contributed by atoms with Gasteiger partial charge in [0.1, 0.15) is 0 Å². The fourth-order valence-electron chi connectivity index (χ4n) is 4.00. The first kappa shape index (κ1) is 24.1. The molecular formula is C32H40. The lowest BCUT2D eigenvalue weighted by Crippen LogP contribution is -1.89. The van der Waals surface area contributed by atoms with Crippen LogP contribution in [0.1, 0.15) is 101 Å². The smallest absolute Gasteiger partial charge is 0.0181 e. The summed E-state index contributed by atoms with van der Waals surface area (Å²) < 4.78 is 0. The maximum atomic E-state index is 2.31. The van der Waals surface area contributed by atoms with Crippen molar-refractivity contribution in [2.75, 3.05) is 0 Å². The zero-order valence-electron chi connectivity index (χ0n) is 21.2. The Labute approximate surface area is 195 Å². The summed E-state index contributed by atoms with van der Waals surface area (Å²) in [6.45, 7) is 17.9. The molecule has 4 rings (SSSR count). The third kappa shape index (κ3) is 5.80. The molecule has 32 heavy (non-hydrogen) atoms. The number of hydrogen-bond donors (Lipinski definition) is 0. The molecule has 0 atom stereocenters. The van der Waals surface area contributed by atoms with Gasteiger partial charge in [0, 0.05) is 0 Å². The van der Waals surface area contributed by atoms with Crippen LogP contribution in [-0.4, -0.2) is 0 Å². The van der Waals surface area contributed by atoms with Crippen LogP contribution in [0.15, 0.2) is 72.8 Å². The SMILES string of the molecule is CC(C)c1ccc2cc(C(C)C)ccc2c1.CC(C)c1ccc2cc(C(C)C)ccc2c1. The molecular weight excluding hydrogens is 384 g/mol. The maximum Gasteiger partial charge on any atom is -0.0181 e. The summed E-state index contributed by atoms with van der Waals surface area (Å²) >= 11 is 0. The highest BCUT2D eigenvalue weighted by atomic mass is 14.1. The molecule has 4 aromatic carbocycles. The number of rotatable bonds is 4. The van der Waals surface area contributed by atoms with Gasteiger partial charge in [-0.1, -0.05) is 128 Å². The highest BCUT2D eigenvalue weighted by Crippen LogP contribution is 2.26. The molecule has 0 aliphatic rings. The summed E-state index contributed by atoms with van der Waals surface area (Å²) in [6, 6.07) is 27.2. The summed E-state index contributed by atoms with van der Waals surface area (Å²) in [4.78, 5) is 0. The minimum Gasteiger partial charge on any atom is -0.0587 e. The molecule has 0 bridgehead atoms. The molecule has 0 saturated carbocycles. The molecule has 0 aliphatic heterocycles. The lowest BCUT2D eigenvalue weighted by atomic mass is 9.96. The van der Waals surface area contributed by atoms with Gasteiger partial charge in [-0.15, -0.1) is 0 Å². The summed E-state index contributed by atoms with van der Waals surface area (Å²) in [7, 11) is 0. The van der Waals surface area contributed by atoms with Gasteiger partial charge in [0.05, 0.1) is 0 Å². The Balaban J connectivity index is 0.000000181. The monoisotopic (exact) mass is 424 g/mol. The predicted octanol–water partition coefficient (Wildman–Crippen LogP) is 10.2. The molecule has 0 amide bonds. The second-order valence-corrected chi connectivity index (χ2v) is 10.4. The second-order valence-electron chi connectivity index (χ2n) is 10.4. The molecule has 0 aliphatic carbocycles. The average molecular weight is 425 g/mol. The molecule has 0 heterocycles. The van der Waals surface area contributed by atoms with E-state index in [-0.39, 0.29) is 0 Å². The van der Waals surface area contributed by atoms with Crippen LogP contribution >= 0.6 is 0 Å². The molecule has 0 radical (unpaired) electrons. The van der Waals surface area contributed by atoms with Crippen molar-refractivity contribution in [2.45, 2.75) is 79.1 Å².